The summed E-state index contributed by atoms with van der Waals surface area (Å²) in [5.74, 6) is 0. The van der Waals surface area contributed by atoms with Crippen LogP contribution < -0.4 is 0 Å². The Morgan fingerprint density at radius 2 is 1.00 bits per heavy atom. The summed E-state index contributed by atoms with van der Waals surface area (Å²) in [5, 5.41) is 16.5. The summed E-state index contributed by atoms with van der Waals surface area (Å²) < 4.78 is 59.1. The van der Waals surface area contributed by atoms with Crippen molar-refractivity contribution in [2.75, 3.05) is 0 Å². The molecule has 0 aromatic heterocycles. The lowest BCUT2D eigenvalue weighted by atomic mass is 10.8. The van der Waals surface area contributed by atoms with Crippen LogP contribution in [0.3, 0.4) is 0 Å². The zero-order valence-electron chi connectivity index (χ0n) is 5.32. The van der Waals surface area contributed by atoms with E-state index in [4.69, 9.17) is 10.2 Å². The van der Waals surface area contributed by atoms with Gasteiger partial charge in [0.2, 0.25) is 0 Å². The average molecular weight is 220 g/mol. The fourth-order valence-corrected chi connectivity index (χ4v) is 1.67. The molecule has 0 unspecified atom stereocenters. The molecule has 0 fully saturated rings. The molecule has 0 aliphatic heterocycles. The predicted octanol–water partition coefficient (Wildman–Crippen LogP) is -3.29. The van der Waals surface area contributed by atoms with Gasteiger partial charge < -0.3 is 19.3 Å². The second kappa shape index (κ2) is 3.24. The SMILES string of the molecule is O=S(=O)([O-])[C@H](O)[C@H](O)S(=O)(=O)[O-]. The highest BCUT2D eigenvalue weighted by Crippen LogP contribution is 2.05. The van der Waals surface area contributed by atoms with E-state index in [1.807, 2.05) is 0 Å². The van der Waals surface area contributed by atoms with E-state index in [1.165, 1.54) is 0 Å². The fraction of sp³-hybridized carbons (Fsp3) is 1.00. The van der Waals surface area contributed by atoms with Gasteiger partial charge in [-0.2, -0.15) is 0 Å². The highest BCUT2D eigenvalue weighted by Gasteiger charge is 2.27. The molecule has 0 bridgehead atoms. The normalized spacial score (nSPS) is 18.7. The first-order valence-electron chi connectivity index (χ1n) is 2.32. The molecule has 2 atom stereocenters. The molecule has 0 aromatic rings. The number of aliphatic hydroxyl groups is 2. The van der Waals surface area contributed by atoms with Crippen LogP contribution in [0, 0.1) is 0 Å². The Bertz CT molecular complexity index is 299. The maximum absolute atomic E-state index is 9.85. The summed E-state index contributed by atoms with van der Waals surface area (Å²) in [6.07, 6.45) is 0. The quantitative estimate of drug-likeness (QED) is 0.469. The van der Waals surface area contributed by atoms with Gasteiger partial charge in [0, 0.05) is 0 Å². The van der Waals surface area contributed by atoms with Gasteiger partial charge in [-0.15, -0.1) is 0 Å². The molecule has 0 spiro atoms. The van der Waals surface area contributed by atoms with Gasteiger partial charge in [0.25, 0.3) is 0 Å². The largest absolute Gasteiger partial charge is 0.746 e. The topological polar surface area (TPSA) is 155 Å². The summed E-state index contributed by atoms with van der Waals surface area (Å²) in [4.78, 5) is 0. The lowest BCUT2D eigenvalue weighted by molar-refractivity contribution is 0.106. The minimum atomic E-state index is -5.41. The molecule has 0 heterocycles. The molecule has 12 heavy (non-hydrogen) atoms. The first-order valence-corrected chi connectivity index (χ1v) is 5.26. The van der Waals surface area contributed by atoms with Crippen LogP contribution in [0.1, 0.15) is 0 Å². The van der Waals surface area contributed by atoms with Crippen LogP contribution in [0.5, 0.6) is 0 Å². The fourth-order valence-electron chi connectivity index (χ4n) is 0.285. The van der Waals surface area contributed by atoms with Gasteiger partial charge in [-0.25, -0.2) is 16.8 Å². The van der Waals surface area contributed by atoms with E-state index in [9.17, 15) is 25.9 Å². The van der Waals surface area contributed by atoms with Gasteiger partial charge >= 0.3 is 0 Å². The maximum atomic E-state index is 9.85. The summed E-state index contributed by atoms with van der Waals surface area (Å²) in [7, 11) is -10.8. The zero-order chi connectivity index (χ0) is 10.2. The predicted molar refractivity (Wildman–Crippen MR) is 31.4 cm³/mol. The van der Waals surface area contributed by atoms with Crippen LogP contribution in [0.4, 0.5) is 0 Å². The summed E-state index contributed by atoms with van der Waals surface area (Å²) in [6.45, 7) is 0. The molecular weight excluding hydrogens is 216 g/mol. The van der Waals surface area contributed by atoms with Crippen molar-refractivity contribution in [2.24, 2.45) is 0 Å². The van der Waals surface area contributed by atoms with Crippen LogP contribution >= 0.6 is 0 Å². The molecule has 74 valence electrons. The van der Waals surface area contributed by atoms with Crippen molar-refractivity contribution in [3.05, 3.63) is 0 Å². The summed E-state index contributed by atoms with van der Waals surface area (Å²) >= 11 is 0. The number of aliphatic hydroxyl groups excluding tert-OH is 2. The third-order valence-corrected chi connectivity index (χ3v) is 2.71. The molecule has 10 heteroatoms. The van der Waals surface area contributed by atoms with E-state index in [1.54, 1.807) is 0 Å². The van der Waals surface area contributed by atoms with Gasteiger partial charge in [0.1, 0.15) is 20.2 Å². The van der Waals surface area contributed by atoms with Crippen LogP contribution in [-0.2, 0) is 20.2 Å². The van der Waals surface area contributed by atoms with E-state index < -0.39 is 31.1 Å². The monoisotopic (exact) mass is 220 g/mol. The Balaban J connectivity index is 4.89. The summed E-state index contributed by atoms with van der Waals surface area (Å²) in [6, 6.07) is 0. The van der Waals surface area contributed by atoms with E-state index in [-0.39, 0.29) is 0 Å². The van der Waals surface area contributed by atoms with E-state index >= 15 is 0 Å². The van der Waals surface area contributed by atoms with Crippen molar-refractivity contribution >= 4 is 20.2 Å². The molecule has 0 saturated carbocycles. The molecular formula is C2H4O8S2-2. The van der Waals surface area contributed by atoms with E-state index in [0.717, 1.165) is 0 Å². The highest BCUT2D eigenvalue weighted by molar-refractivity contribution is 7.90. The molecule has 8 nitrogen and oxygen atoms in total. The smallest absolute Gasteiger partial charge is 0.182 e. The van der Waals surface area contributed by atoms with Crippen molar-refractivity contribution in [3.63, 3.8) is 0 Å². The van der Waals surface area contributed by atoms with E-state index in [0.29, 0.717) is 0 Å². The van der Waals surface area contributed by atoms with Gasteiger partial charge in [-0.1, -0.05) is 0 Å². The van der Waals surface area contributed by atoms with Crippen LogP contribution in [0.2, 0.25) is 0 Å². The van der Waals surface area contributed by atoms with Crippen LogP contribution in [-0.4, -0.2) is 47.0 Å². The molecule has 2 N–H and O–H groups in total. The van der Waals surface area contributed by atoms with Crippen molar-refractivity contribution in [2.45, 2.75) is 10.9 Å². The van der Waals surface area contributed by atoms with Gasteiger partial charge in [0.15, 0.2) is 10.9 Å². The Labute approximate surface area is 67.9 Å². The number of hydrogen-bond donors (Lipinski definition) is 2. The first-order chi connectivity index (χ1) is 5.07. The second-order valence-corrected chi connectivity index (χ2v) is 4.70. The Morgan fingerprint density at radius 1 is 0.833 bits per heavy atom. The Morgan fingerprint density at radius 3 is 1.08 bits per heavy atom. The van der Waals surface area contributed by atoms with Gasteiger partial charge in [0.05, 0.1) is 0 Å². The van der Waals surface area contributed by atoms with Crippen molar-refractivity contribution in [3.8, 4) is 0 Å². The molecule has 0 aromatic carbocycles. The van der Waals surface area contributed by atoms with Crippen molar-refractivity contribution in [1.29, 1.82) is 0 Å². The third kappa shape index (κ3) is 3.00. The van der Waals surface area contributed by atoms with Crippen LogP contribution in [0.25, 0.3) is 0 Å². The minimum absolute atomic E-state index is 3.15. The summed E-state index contributed by atoms with van der Waals surface area (Å²) in [5.41, 5.74) is -6.31. The Kier molecular flexibility index (Phi) is 3.17. The lowest BCUT2D eigenvalue weighted by Crippen LogP contribution is -2.39. The van der Waals surface area contributed by atoms with Crippen LogP contribution in [0.15, 0.2) is 0 Å². The molecule has 0 amide bonds. The van der Waals surface area contributed by atoms with E-state index in [2.05, 4.69) is 0 Å². The van der Waals surface area contributed by atoms with Gasteiger partial charge in [-0.05, 0) is 0 Å². The van der Waals surface area contributed by atoms with Crippen molar-refractivity contribution in [1.82, 2.24) is 0 Å². The first kappa shape index (κ1) is 11.7. The molecule has 0 saturated heterocycles. The lowest BCUT2D eigenvalue weighted by Gasteiger charge is -2.22. The molecule has 0 aliphatic rings. The maximum Gasteiger partial charge on any atom is 0.182 e. The zero-order valence-corrected chi connectivity index (χ0v) is 6.95. The number of hydrogen-bond acceptors (Lipinski definition) is 8. The van der Waals surface area contributed by atoms with Gasteiger partial charge in [-0.3, -0.25) is 0 Å². The standard InChI is InChI=1S/C2H6O8S2/c3-1(11(5,6)7)2(4)12(8,9)10/h1-4H,(H,5,6,7)(H,8,9,10)/p-2/t1-,2+. The van der Waals surface area contributed by atoms with Crippen molar-refractivity contribution < 1.29 is 36.2 Å². The molecule has 0 radical (unpaired) electrons. The minimum Gasteiger partial charge on any atom is -0.746 e. The molecule has 0 aliphatic carbocycles. The highest BCUT2D eigenvalue weighted by atomic mass is 32.2. The Hall–Kier alpha value is -0.260. The molecule has 0 rings (SSSR count). The average Bonchev–Trinajstić information content (AvgIpc) is 1.80. The second-order valence-electron chi connectivity index (χ2n) is 1.77. The third-order valence-electron chi connectivity index (χ3n) is 0.835. The number of rotatable bonds is 3.